The molecule has 0 bridgehead atoms. The summed E-state index contributed by atoms with van der Waals surface area (Å²) in [5.74, 6) is -0.221. The Bertz CT molecular complexity index is 434. The Morgan fingerprint density at radius 3 is 2.29 bits per heavy atom. The van der Waals surface area contributed by atoms with Crippen LogP contribution >= 0.6 is 0 Å². The van der Waals surface area contributed by atoms with Crippen molar-refractivity contribution in [1.82, 2.24) is 0 Å². The third-order valence-electron chi connectivity index (χ3n) is 2.64. The molecule has 0 spiro atoms. The van der Waals surface area contributed by atoms with Crippen molar-refractivity contribution in [3.63, 3.8) is 0 Å². The van der Waals surface area contributed by atoms with E-state index in [0.29, 0.717) is 5.56 Å². The predicted octanol–water partition coefficient (Wildman–Crippen LogP) is 2.11. The van der Waals surface area contributed by atoms with Gasteiger partial charge in [0.2, 0.25) is 0 Å². The number of aliphatic hydroxyl groups is 1. The van der Waals surface area contributed by atoms with Crippen LogP contribution in [0.4, 0.5) is 0 Å². The second-order valence-electron chi connectivity index (χ2n) is 4.45. The molecule has 0 aromatic heterocycles. The lowest BCUT2D eigenvalue weighted by Gasteiger charge is -2.10. The van der Waals surface area contributed by atoms with Crippen LogP contribution in [0.25, 0.3) is 0 Å². The van der Waals surface area contributed by atoms with Gasteiger partial charge >= 0.3 is 0 Å². The average molecular weight is 256 g/mol. The SMILES string of the molecule is CCCCc1ccc(C(O)CS(C)(=O)=O)cc1. The number of rotatable bonds is 6. The summed E-state index contributed by atoms with van der Waals surface area (Å²) < 4.78 is 22.1. The second kappa shape index (κ2) is 6.17. The molecule has 17 heavy (non-hydrogen) atoms. The van der Waals surface area contributed by atoms with E-state index in [0.717, 1.165) is 25.5 Å². The van der Waals surface area contributed by atoms with Gasteiger partial charge in [-0.25, -0.2) is 8.42 Å². The minimum Gasteiger partial charge on any atom is -0.387 e. The van der Waals surface area contributed by atoms with Crippen LogP contribution in [0.15, 0.2) is 24.3 Å². The molecule has 0 aliphatic rings. The average Bonchev–Trinajstić information content (AvgIpc) is 2.24. The molecule has 1 rings (SSSR count). The largest absolute Gasteiger partial charge is 0.387 e. The van der Waals surface area contributed by atoms with Crippen LogP contribution in [0.2, 0.25) is 0 Å². The lowest BCUT2D eigenvalue weighted by atomic mass is 10.0. The molecule has 1 N–H and O–H groups in total. The van der Waals surface area contributed by atoms with E-state index in [1.54, 1.807) is 12.1 Å². The van der Waals surface area contributed by atoms with Crippen LogP contribution in [0, 0.1) is 0 Å². The summed E-state index contributed by atoms with van der Waals surface area (Å²) in [6.45, 7) is 2.14. The van der Waals surface area contributed by atoms with E-state index in [1.165, 1.54) is 5.56 Å². The van der Waals surface area contributed by atoms with Gasteiger partial charge in [0.25, 0.3) is 0 Å². The Morgan fingerprint density at radius 1 is 1.24 bits per heavy atom. The van der Waals surface area contributed by atoms with E-state index >= 15 is 0 Å². The molecule has 0 heterocycles. The summed E-state index contributed by atoms with van der Waals surface area (Å²) in [5.41, 5.74) is 1.89. The second-order valence-corrected chi connectivity index (χ2v) is 6.64. The number of aliphatic hydroxyl groups excluding tert-OH is 1. The molecule has 3 nitrogen and oxygen atoms in total. The first kappa shape index (κ1) is 14.2. The van der Waals surface area contributed by atoms with Gasteiger partial charge in [-0.2, -0.15) is 0 Å². The monoisotopic (exact) mass is 256 g/mol. The zero-order chi connectivity index (χ0) is 12.9. The molecule has 4 heteroatoms. The summed E-state index contributed by atoms with van der Waals surface area (Å²) in [7, 11) is -3.15. The van der Waals surface area contributed by atoms with Crippen molar-refractivity contribution < 1.29 is 13.5 Å². The van der Waals surface area contributed by atoms with Gasteiger partial charge in [-0.05, 0) is 24.0 Å². The number of benzene rings is 1. The molecule has 96 valence electrons. The summed E-state index contributed by atoms with van der Waals surface area (Å²) in [6.07, 6.45) is 3.53. The molecule has 1 atom stereocenters. The summed E-state index contributed by atoms with van der Waals surface area (Å²) >= 11 is 0. The normalized spacial score (nSPS) is 13.6. The molecule has 0 saturated heterocycles. The van der Waals surface area contributed by atoms with Crippen LogP contribution in [0.5, 0.6) is 0 Å². The van der Waals surface area contributed by atoms with Crippen molar-refractivity contribution in [1.29, 1.82) is 0 Å². The molecule has 1 aromatic carbocycles. The molecule has 0 amide bonds. The Hall–Kier alpha value is -0.870. The smallest absolute Gasteiger partial charge is 0.150 e. The Morgan fingerprint density at radius 2 is 1.82 bits per heavy atom. The minimum atomic E-state index is -3.15. The van der Waals surface area contributed by atoms with Crippen LogP contribution in [0.1, 0.15) is 37.0 Å². The van der Waals surface area contributed by atoms with Gasteiger partial charge in [0, 0.05) is 6.26 Å². The third kappa shape index (κ3) is 5.33. The summed E-state index contributed by atoms with van der Waals surface area (Å²) in [4.78, 5) is 0. The molecular formula is C13H20O3S. The maximum Gasteiger partial charge on any atom is 0.150 e. The van der Waals surface area contributed by atoms with Crippen LogP contribution < -0.4 is 0 Å². The van der Waals surface area contributed by atoms with Crippen LogP contribution in [-0.4, -0.2) is 25.5 Å². The standard InChI is InChI=1S/C13H20O3S/c1-3-4-5-11-6-8-12(9-7-11)13(14)10-17(2,15)16/h6-9,13-14H,3-5,10H2,1-2H3. The van der Waals surface area contributed by atoms with Gasteiger partial charge in [-0.3, -0.25) is 0 Å². The van der Waals surface area contributed by atoms with Gasteiger partial charge < -0.3 is 5.11 Å². The highest BCUT2D eigenvalue weighted by atomic mass is 32.2. The highest BCUT2D eigenvalue weighted by Crippen LogP contribution is 2.16. The van der Waals surface area contributed by atoms with Gasteiger partial charge in [-0.15, -0.1) is 0 Å². The van der Waals surface area contributed by atoms with Gasteiger partial charge in [0.05, 0.1) is 11.9 Å². The fraction of sp³-hybridized carbons (Fsp3) is 0.538. The fourth-order valence-electron chi connectivity index (χ4n) is 1.67. The first-order valence-corrected chi connectivity index (χ1v) is 7.93. The van der Waals surface area contributed by atoms with Gasteiger partial charge in [0.1, 0.15) is 9.84 Å². The highest BCUT2D eigenvalue weighted by Gasteiger charge is 2.14. The quantitative estimate of drug-likeness (QED) is 0.848. The van der Waals surface area contributed by atoms with E-state index in [1.807, 2.05) is 12.1 Å². The topological polar surface area (TPSA) is 54.4 Å². The zero-order valence-corrected chi connectivity index (χ0v) is 11.2. The first-order chi connectivity index (χ1) is 7.92. The molecular weight excluding hydrogens is 236 g/mol. The number of aryl methyl sites for hydroxylation is 1. The first-order valence-electron chi connectivity index (χ1n) is 5.87. The van der Waals surface area contributed by atoms with E-state index in [4.69, 9.17) is 0 Å². The number of hydrogen-bond acceptors (Lipinski definition) is 3. The van der Waals surface area contributed by atoms with Crippen molar-refractivity contribution in [3.8, 4) is 0 Å². The van der Waals surface area contributed by atoms with Crippen molar-refractivity contribution >= 4 is 9.84 Å². The lowest BCUT2D eigenvalue weighted by molar-refractivity contribution is 0.202. The molecule has 1 aromatic rings. The van der Waals surface area contributed by atoms with Crippen molar-refractivity contribution in [3.05, 3.63) is 35.4 Å². The van der Waals surface area contributed by atoms with E-state index in [9.17, 15) is 13.5 Å². The van der Waals surface area contributed by atoms with Gasteiger partial charge in [-0.1, -0.05) is 37.6 Å². The predicted molar refractivity (Wildman–Crippen MR) is 69.7 cm³/mol. The molecule has 0 saturated carbocycles. The number of sulfone groups is 1. The molecule has 0 radical (unpaired) electrons. The Balaban J connectivity index is 2.67. The summed E-state index contributed by atoms with van der Waals surface area (Å²) in [6, 6.07) is 7.52. The van der Waals surface area contributed by atoms with E-state index in [2.05, 4.69) is 6.92 Å². The van der Waals surface area contributed by atoms with Crippen molar-refractivity contribution in [2.24, 2.45) is 0 Å². The van der Waals surface area contributed by atoms with Crippen molar-refractivity contribution in [2.45, 2.75) is 32.3 Å². The molecule has 0 aliphatic heterocycles. The maximum atomic E-state index is 11.1. The lowest BCUT2D eigenvalue weighted by Crippen LogP contribution is -2.12. The van der Waals surface area contributed by atoms with Crippen LogP contribution in [0.3, 0.4) is 0 Å². The van der Waals surface area contributed by atoms with Gasteiger partial charge in [0.15, 0.2) is 0 Å². The maximum absolute atomic E-state index is 11.1. The zero-order valence-electron chi connectivity index (χ0n) is 10.4. The van der Waals surface area contributed by atoms with E-state index in [-0.39, 0.29) is 5.75 Å². The van der Waals surface area contributed by atoms with Crippen LogP contribution in [-0.2, 0) is 16.3 Å². The summed E-state index contributed by atoms with van der Waals surface area (Å²) in [5, 5.41) is 9.74. The highest BCUT2D eigenvalue weighted by molar-refractivity contribution is 7.90. The molecule has 0 fully saturated rings. The van der Waals surface area contributed by atoms with Crippen molar-refractivity contribution in [2.75, 3.05) is 12.0 Å². The minimum absolute atomic E-state index is 0.221. The molecule has 0 aliphatic carbocycles. The Kier molecular flexibility index (Phi) is 5.15. The third-order valence-corrected chi connectivity index (χ3v) is 3.57. The Labute approximate surface area is 103 Å². The number of unbranched alkanes of at least 4 members (excludes halogenated alkanes) is 1. The van der Waals surface area contributed by atoms with E-state index < -0.39 is 15.9 Å². The fourth-order valence-corrected chi connectivity index (χ4v) is 2.44. The molecule has 1 unspecified atom stereocenters. The number of hydrogen-bond donors (Lipinski definition) is 1.